The molecule has 1 aromatic heterocycles. The van der Waals surface area contributed by atoms with Gasteiger partial charge in [0.2, 0.25) is 0 Å². The molecule has 0 aliphatic heterocycles. The van der Waals surface area contributed by atoms with Gasteiger partial charge >= 0.3 is 0 Å². The van der Waals surface area contributed by atoms with Crippen LogP contribution < -0.4 is 5.73 Å². The Balaban J connectivity index is 2.79. The molecule has 4 heteroatoms. The molecular weight excluding hydrogens is 164 g/mol. The molecular formula is C9H18N4. The van der Waals surface area contributed by atoms with Crippen molar-refractivity contribution in [3.8, 4) is 0 Å². The van der Waals surface area contributed by atoms with E-state index in [1.807, 2.05) is 17.8 Å². The zero-order chi connectivity index (χ0) is 10.0. The summed E-state index contributed by atoms with van der Waals surface area (Å²) in [7, 11) is 0. The third-order valence-corrected chi connectivity index (χ3v) is 2.38. The van der Waals surface area contributed by atoms with E-state index in [4.69, 9.17) is 5.73 Å². The van der Waals surface area contributed by atoms with Crippen LogP contribution in [0, 0.1) is 5.92 Å². The Hall–Kier alpha value is -0.900. The minimum absolute atomic E-state index is 0.0342. The molecule has 0 aliphatic carbocycles. The Kier molecular flexibility index (Phi) is 3.03. The van der Waals surface area contributed by atoms with Gasteiger partial charge in [0.15, 0.2) is 0 Å². The number of hydrogen-bond acceptors (Lipinski definition) is 3. The summed E-state index contributed by atoms with van der Waals surface area (Å²) in [4.78, 5) is 0. The summed E-state index contributed by atoms with van der Waals surface area (Å²) < 4.78 is 1.88. The Morgan fingerprint density at radius 3 is 2.31 bits per heavy atom. The van der Waals surface area contributed by atoms with Crippen LogP contribution in [0.4, 0.5) is 0 Å². The summed E-state index contributed by atoms with van der Waals surface area (Å²) in [5.41, 5.74) is 6.54. The van der Waals surface area contributed by atoms with E-state index in [1.54, 1.807) is 0 Å². The van der Waals surface area contributed by atoms with Crippen molar-refractivity contribution in [1.29, 1.82) is 0 Å². The number of hydrogen-bond donors (Lipinski definition) is 1. The number of aromatic nitrogens is 3. The lowest BCUT2D eigenvalue weighted by molar-refractivity contribution is 0.368. The first-order valence-corrected chi connectivity index (χ1v) is 4.69. The van der Waals surface area contributed by atoms with E-state index in [0.29, 0.717) is 12.0 Å². The summed E-state index contributed by atoms with van der Waals surface area (Å²) in [6, 6.07) is 0.341. The summed E-state index contributed by atoms with van der Waals surface area (Å²) in [6.45, 7) is 8.37. The van der Waals surface area contributed by atoms with E-state index < -0.39 is 0 Å². The molecule has 1 rings (SSSR count). The predicted molar refractivity (Wildman–Crippen MR) is 52.2 cm³/mol. The van der Waals surface area contributed by atoms with Crippen LogP contribution in [0.3, 0.4) is 0 Å². The Bertz CT molecular complexity index is 264. The minimum Gasteiger partial charge on any atom is -0.323 e. The van der Waals surface area contributed by atoms with Gasteiger partial charge in [-0.15, -0.1) is 5.10 Å². The van der Waals surface area contributed by atoms with Crippen LogP contribution in [0.5, 0.6) is 0 Å². The molecule has 4 nitrogen and oxygen atoms in total. The second kappa shape index (κ2) is 3.87. The second-order valence-corrected chi connectivity index (χ2v) is 3.90. The van der Waals surface area contributed by atoms with Crippen molar-refractivity contribution in [2.75, 3.05) is 0 Å². The lowest BCUT2D eigenvalue weighted by atomic mass is 10.1. The van der Waals surface area contributed by atoms with Crippen LogP contribution in [0.1, 0.15) is 45.5 Å². The van der Waals surface area contributed by atoms with E-state index in [-0.39, 0.29) is 6.04 Å². The highest BCUT2D eigenvalue weighted by Crippen LogP contribution is 2.16. The van der Waals surface area contributed by atoms with Gasteiger partial charge in [-0.1, -0.05) is 19.1 Å². The molecule has 1 unspecified atom stereocenters. The SMILES string of the molecule is CC(C)C(C)n1cc([C@H](C)N)nn1. The van der Waals surface area contributed by atoms with Crippen molar-refractivity contribution in [1.82, 2.24) is 15.0 Å². The van der Waals surface area contributed by atoms with Crippen molar-refractivity contribution < 1.29 is 0 Å². The van der Waals surface area contributed by atoms with Crippen LogP contribution in [-0.2, 0) is 0 Å². The van der Waals surface area contributed by atoms with Crippen LogP contribution in [-0.4, -0.2) is 15.0 Å². The van der Waals surface area contributed by atoms with Gasteiger partial charge in [-0.05, 0) is 19.8 Å². The van der Waals surface area contributed by atoms with E-state index in [1.165, 1.54) is 0 Å². The highest BCUT2D eigenvalue weighted by molar-refractivity contribution is 4.98. The maximum absolute atomic E-state index is 5.69. The van der Waals surface area contributed by atoms with Crippen molar-refractivity contribution in [3.63, 3.8) is 0 Å². The quantitative estimate of drug-likeness (QED) is 0.771. The second-order valence-electron chi connectivity index (χ2n) is 3.90. The first-order valence-electron chi connectivity index (χ1n) is 4.69. The van der Waals surface area contributed by atoms with E-state index in [0.717, 1.165) is 5.69 Å². The van der Waals surface area contributed by atoms with Gasteiger partial charge in [0.25, 0.3) is 0 Å². The fourth-order valence-corrected chi connectivity index (χ4v) is 1.00. The monoisotopic (exact) mass is 182 g/mol. The fraction of sp³-hybridized carbons (Fsp3) is 0.778. The molecule has 0 bridgehead atoms. The van der Waals surface area contributed by atoms with Gasteiger partial charge in [-0.25, -0.2) is 4.68 Å². The third-order valence-electron chi connectivity index (χ3n) is 2.38. The molecule has 1 heterocycles. The number of nitrogens with zero attached hydrogens (tertiary/aromatic N) is 3. The fourth-order valence-electron chi connectivity index (χ4n) is 1.00. The van der Waals surface area contributed by atoms with Gasteiger partial charge in [0.05, 0.1) is 17.9 Å². The van der Waals surface area contributed by atoms with Crippen molar-refractivity contribution >= 4 is 0 Å². The summed E-state index contributed by atoms with van der Waals surface area (Å²) >= 11 is 0. The van der Waals surface area contributed by atoms with E-state index >= 15 is 0 Å². The number of rotatable bonds is 3. The molecule has 0 radical (unpaired) electrons. The molecule has 2 atom stereocenters. The molecule has 0 saturated heterocycles. The predicted octanol–water partition coefficient (Wildman–Crippen LogP) is 1.51. The molecule has 1 aromatic rings. The van der Waals surface area contributed by atoms with Crippen LogP contribution in [0.2, 0.25) is 0 Å². The minimum atomic E-state index is -0.0342. The third kappa shape index (κ3) is 2.28. The smallest absolute Gasteiger partial charge is 0.0991 e. The van der Waals surface area contributed by atoms with Gasteiger partial charge in [-0.3, -0.25) is 0 Å². The highest BCUT2D eigenvalue weighted by Gasteiger charge is 2.12. The zero-order valence-corrected chi connectivity index (χ0v) is 8.73. The van der Waals surface area contributed by atoms with Crippen LogP contribution in [0.15, 0.2) is 6.20 Å². The van der Waals surface area contributed by atoms with Crippen molar-refractivity contribution in [2.24, 2.45) is 11.7 Å². The largest absolute Gasteiger partial charge is 0.323 e. The van der Waals surface area contributed by atoms with E-state index in [2.05, 4.69) is 31.1 Å². The first-order chi connectivity index (χ1) is 6.02. The average molecular weight is 182 g/mol. The van der Waals surface area contributed by atoms with E-state index in [9.17, 15) is 0 Å². The molecule has 0 aliphatic rings. The molecule has 0 amide bonds. The molecule has 74 valence electrons. The summed E-state index contributed by atoms with van der Waals surface area (Å²) in [5, 5.41) is 8.05. The van der Waals surface area contributed by atoms with Crippen LogP contribution in [0.25, 0.3) is 0 Å². The Morgan fingerprint density at radius 2 is 1.92 bits per heavy atom. The summed E-state index contributed by atoms with van der Waals surface area (Å²) in [5.74, 6) is 0.558. The molecule has 0 fully saturated rings. The Morgan fingerprint density at radius 1 is 1.31 bits per heavy atom. The summed E-state index contributed by atoms with van der Waals surface area (Å²) in [6.07, 6.45) is 1.93. The highest BCUT2D eigenvalue weighted by atomic mass is 15.4. The molecule has 13 heavy (non-hydrogen) atoms. The zero-order valence-electron chi connectivity index (χ0n) is 8.73. The molecule has 0 saturated carbocycles. The molecule has 0 aromatic carbocycles. The molecule has 0 spiro atoms. The normalized spacial score (nSPS) is 16.2. The lowest BCUT2D eigenvalue weighted by Crippen LogP contribution is -2.12. The maximum Gasteiger partial charge on any atom is 0.0991 e. The number of nitrogens with two attached hydrogens (primary N) is 1. The van der Waals surface area contributed by atoms with Crippen molar-refractivity contribution in [3.05, 3.63) is 11.9 Å². The van der Waals surface area contributed by atoms with Crippen LogP contribution >= 0.6 is 0 Å². The molecule has 2 N–H and O–H groups in total. The maximum atomic E-state index is 5.69. The van der Waals surface area contributed by atoms with Gasteiger partial charge in [0, 0.05) is 6.04 Å². The van der Waals surface area contributed by atoms with Gasteiger partial charge < -0.3 is 5.73 Å². The van der Waals surface area contributed by atoms with Crippen molar-refractivity contribution in [2.45, 2.75) is 39.8 Å². The topological polar surface area (TPSA) is 56.7 Å². The lowest BCUT2D eigenvalue weighted by Gasteiger charge is -2.14. The van der Waals surface area contributed by atoms with Gasteiger partial charge in [0.1, 0.15) is 0 Å². The average Bonchev–Trinajstić information content (AvgIpc) is 2.50. The first kappa shape index (κ1) is 10.2. The standard InChI is InChI=1S/C9H18N4/c1-6(2)8(4)13-5-9(7(3)10)11-12-13/h5-8H,10H2,1-4H3/t7-,8?/m0/s1. The Labute approximate surface area is 79.1 Å². The van der Waals surface area contributed by atoms with Gasteiger partial charge in [-0.2, -0.15) is 0 Å².